The second-order valence-corrected chi connectivity index (χ2v) is 4.78. The third kappa shape index (κ3) is 3.48. The molecule has 0 spiro atoms. The summed E-state index contributed by atoms with van der Waals surface area (Å²) >= 11 is 0. The molecule has 1 unspecified atom stereocenters. The minimum atomic E-state index is -0.0618. The highest BCUT2D eigenvalue weighted by Crippen LogP contribution is 2.25. The van der Waals surface area contributed by atoms with Gasteiger partial charge in [0.1, 0.15) is 0 Å². The standard InChI is InChI=1S/C14H20N2O/c1-11(13-8-3-2-4-9-13)16-14(17)15-10-12-6-5-7-12/h2-4,8-9,11-12H,5-7,10H2,1H3,(H2,15,16,17). The van der Waals surface area contributed by atoms with Crippen molar-refractivity contribution in [2.45, 2.75) is 32.2 Å². The summed E-state index contributed by atoms with van der Waals surface area (Å²) in [6, 6.07) is 9.99. The van der Waals surface area contributed by atoms with Gasteiger partial charge in [0, 0.05) is 6.54 Å². The lowest BCUT2D eigenvalue weighted by Gasteiger charge is -2.25. The maximum absolute atomic E-state index is 11.6. The van der Waals surface area contributed by atoms with E-state index in [0.717, 1.165) is 12.1 Å². The largest absolute Gasteiger partial charge is 0.338 e. The summed E-state index contributed by atoms with van der Waals surface area (Å²) in [6.07, 6.45) is 3.83. The van der Waals surface area contributed by atoms with E-state index in [1.54, 1.807) is 0 Å². The van der Waals surface area contributed by atoms with Crippen LogP contribution < -0.4 is 10.6 Å². The normalized spacial score (nSPS) is 17.0. The molecular weight excluding hydrogens is 212 g/mol. The summed E-state index contributed by atoms with van der Waals surface area (Å²) in [5, 5.41) is 5.88. The van der Waals surface area contributed by atoms with Gasteiger partial charge >= 0.3 is 6.03 Å². The number of benzene rings is 1. The molecule has 1 fully saturated rings. The molecule has 3 nitrogen and oxygen atoms in total. The van der Waals surface area contributed by atoms with E-state index in [2.05, 4.69) is 10.6 Å². The third-order valence-corrected chi connectivity index (χ3v) is 3.42. The van der Waals surface area contributed by atoms with Crippen LogP contribution in [0.15, 0.2) is 30.3 Å². The van der Waals surface area contributed by atoms with Gasteiger partial charge in [-0.05, 0) is 31.2 Å². The van der Waals surface area contributed by atoms with Crippen LogP contribution in [0.4, 0.5) is 4.79 Å². The van der Waals surface area contributed by atoms with Crippen LogP contribution in [-0.4, -0.2) is 12.6 Å². The molecule has 1 aliphatic rings. The minimum Gasteiger partial charge on any atom is -0.338 e. The molecule has 0 bridgehead atoms. The highest BCUT2D eigenvalue weighted by Gasteiger charge is 2.18. The van der Waals surface area contributed by atoms with Crippen LogP contribution in [0, 0.1) is 5.92 Å². The number of amides is 2. The first-order valence-corrected chi connectivity index (χ1v) is 6.35. The summed E-state index contributed by atoms with van der Waals surface area (Å²) in [5.41, 5.74) is 1.13. The van der Waals surface area contributed by atoms with Gasteiger partial charge in [-0.15, -0.1) is 0 Å². The molecular formula is C14H20N2O. The molecule has 2 rings (SSSR count). The van der Waals surface area contributed by atoms with E-state index >= 15 is 0 Å². The minimum absolute atomic E-state index is 0.0533. The number of hydrogen-bond donors (Lipinski definition) is 2. The van der Waals surface area contributed by atoms with Crippen LogP contribution in [0.3, 0.4) is 0 Å². The van der Waals surface area contributed by atoms with Crippen LogP contribution in [0.1, 0.15) is 37.8 Å². The molecule has 1 aliphatic carbocycles. The Balaban J connectivity index is 1.74. The lowest BCUT2D eigenvalue weighted by atomic mass is 9.85. The van der Waals surface area contributed by atoms with Gasteiger partial charge in [0.15, 0.2) is 0 Å². The van der Waals surface area contributed by atoms with Gasteiger partial charge in [-0.1, -0.05) is 36.8 Å². The molecule has 1 aromatic rings. The molecule has 2 N–H and O–H groups in total. The first kappa shape index (κ1) is 12.0. The molecule has 1 aromatic carbocycles. The monoisotopic (exact) mass is 232 g/mol. The SMILES string of the molecule is CC(NC(=O)NCC1CCC1)c1ccccc1. The lowest BCUT2D eigenvalue weighted by Crippen LogP contribution is -2.40. The smallest absolute Gasteiger partial charge is 0.315 e. The summed E-state index contributed by atoms with van der Waals surface area (Å²) in [5.74, 6) is 0.702. The number of nitrogens with one attached hydrogen (secondary N) is 2. The second-order valence-electron chi connectivity index (χ2n) is 4.78. The first-order valence-electron chi connectivity index (χ1n) is 6.35. The zero-order valence-electron chi connectivity index (χ0n) is 10.3. The van der Waals surface area contributed by atoms with Crippen molar-refractivity contribution in [1.29, 1.82) is 0 Å². The topological polar surface area (TPSA) is 41.1 Å². The Hall–Kier alpha value is -1.51. The van der Waals surface area contributed by atoms with Crippen molar-refractivity contribution < 1.29 is 4.79 Å². The molecule has 1 atom stereocenters. The van der Waals surface area contributed by atoms with E-state index in [4.69, 9.17) is 0 Å². The van der Waals surface area contributed by atoms with Gasteiger partial charge < -0.3 is 10.6 Å². The van der Waals surface area contributed by atoms with Gasteiger partial charge in [-0.3, -0.25) is 0 Å². The van der Waals surface area contributed by atoms with Gasteiger partial charge in [0.2, 0.25) is 0 Å². The van der Waals surface area contributed by atoms with Crippen LogP contribution in [0.2, 0.25) is 0 Å². The summed E-state index contributed by atoms with van der Waals surface area (Å²) in [4.78, 5) is 11.6. The maximum Gasteiger partial charge on any atom is 0.315 e. The molecule has 17 heavy (non-hydrogen) atoms. The summed E-state index contributed by atoms with van der Waals surface area (Å²) in [7, 11) is 0. The Morgan fingerprint density at radius 3 is 2.65 bits per heavy atom. The Labute approximate surface area is 103 Å². The summed E-state index contributed by atoms with van der Waals surface area (Å²) < 4.78 is 0. The van der Waals surface area contributed by atoms with Crippen molar-refractivity contribution in [3.05, 3.63) is 35.9 Å². The zero-order chi connectivity index (χ0) is 12.1. The van der Waals surface area contributed by atoms with E-state index in [1.165, 1.54) is 19.3 Å². The molecule has 0 heterocycles. The molecule has 3 heteroatoms. The van der Waals surface area contributed by atoms with Gasteiger partial charge in [0.05, 0.1) is 6.04 Å². The van der Waals surface area contributed by atoms with E-state index in [0.29, 0.717) is 5.92 Å². The third-order valence-electron chi connectivity index (χ3n) is 3.42. The molecule has 2 amide bonds. The van der Waals surface area contributed by atoms with Crippen molar-refractivity contribution in [3.63, 3.8) is 0 Å². The van der Waals surface area contributed by atoms with Crippen LogP contribution in [0.25, 0.3) is 0 Å². The number of urea groups is 1. The van der Waals surface area contributed by atoms with E-state index in [1.807, 2.05) is 37.3 Å². The van der Waals surface area contributed by atoms with Crippen LogP contribution in [-0.2, 0) is 0 Å². The van der Waals surface area contributed by atoms with Gasteiger partial charge in [0.25, 0.3) is 0 Å². The van der Waals surface area contributed by atoms with E-state index < -0.39 is 0 Å². The highest BCUT2D eigenvalue weighted by atomic mass is 16.2. The number of hydrogen-bond acceptors (Lipinski definition) is 1. The van der Waals surface area contributed by atoms with Crippen molar-refractivity contribution in [2.75, 3.05) is 6.54 Å². The lowest BCUT2D eigenvalue weighted by molar-refractivity contribution is 0.229. The molecule has 0 radical (unpaired) electrons. The molecule has 1 saturated carbocycles. The van der Waals surface area contributed by atoms with Crippen LogP contribution in [0.5, 0.6) is 0 Å². The molecule has 92 valence electrons. The fraction of sp³-hybridized carbons (Fsp3) is 0.500. The van der Waals surface area contributed by atoms with Gasteiger partial charge in [-0.2, -0.15) is 0 Å². The fourth-order valence-corrected chi connectivity index (χ4v) is 2.01. The number of rotatable bonds is 4. The molecule has 0 saturated heterocycles. The van der Waals surface area contributed by atoms with Crippen molar-refractivity contribution in [3.8, 4) is 0 Å². The average molecular weight is 232 g/mol. The maximum atomic E-state index is 11.6. The first-order chi connectivity index (χ1) is 8.25. The van der Waals surface area contributed by atoms with Crippen molar-refractivity contribution in [2.24, 2.45) is 5.92 Å². The predicted molar refractivity (Wildman–Crippen MR) is 68.7 cm³/mol. The Kier molecular flexibility index (Phi) is 4.02. The van der Waals surface area contributed by atoms with E-state index in [-0.39, 0.29) is 12.1 Å². The second kappa shape index (κ2) is 5.71. The molecule has 0 aliphatic heterocycles. The Bertz CT molecular complexity index is 360. The Morgan fingerprint density at radius 2 is 2.06 bits per heavy atom. The van der Waals surface area contributed by atoms with E-state index in [9.17, 15) is 4.79 Å². The molecule has 0 aromatic heterocycles. The highest BCUT2D eigenvalue weighted by molar-refractivity contribution is 5.74. The number of carbonyl (C=O) groups is 1. The van der Waals surface area contributed by atoms with Crippen molar-refractivity contribution in [1.82, 2.24) is 10.6 Å². The predicted octanol–water partition coefficient (Wildman–Crippen LogP) is 2.85. The fourth-order valence-electron chi connectivity index (χ4n) is 2.01. The Morgan fingerprint density at radius 1 is 1.35 bits per heavy atom. The number of carbonyl (C=O) groups excluding carboxylic acids is 1. The average Bonchev–Trinajstić information content (AvgIpc) is 2.28. The van der Waals surface area contributed by atoms with Gasteiger partial charge in [-0.25, -0.2) is 4.79 Å². The summed E-state index contributed by atoms with van der Waals surface area (Å²) in [6.45, 7) is 2.81. The van der Waals surface area contributed by atoms with Crippen molar-refractivity contribution >= 4 is 6.03 Å². The zero-order valence-corrected chi connectivity index (χ0v) is 10.3. The quantitative estimate of drug-likeness (QED) is 0.823. The van der Waals surface area contributed by atoms with Crippen LogP contribution >= 0.6 is 0 Å².